The maximum atomic E-state index is 12.5. The summed E-state index contributed by atoms with van der Waals surface area (Å²) in [7, 11) is -3.27. The minimum atomic E-state index is -3.27. The summed E-state index contributed by atoms with van der Waals surface area (Å²) in [5.74, 6) is 0. The van der Waals surface area contributed by atoms with Gasteiger partial charge in [-0.3, -0.25) is 0 Å². The lowest BCUT2D eigenvalue weighted by molar-refractivity contribution is 0.475. The number of nitrogens with zero attached hydrogens (tertiary/aromatic N) is 1. The van der Waals surface area contributed by atoms with Gasteiger partial charge in [0.25, 0.3) is 0 Å². The molecule has 1 saturated heterocycles. The van der Waals surface area contributed by atoms with E-state index in [1.807, 2.05) is 19.1 Å². The molecule has 2 fully saturated rings. The van der Waals surface area contributed by atoms with Crippen LogP contribution < -0.4 is 0 Å². The topological polar surface area (TPSA) is 37.1 Å². The number of hydrogen-bond acceptors (Lipinski definition) is 2. The van der Waals surface area contributed by atoms with Crippen LogP contribution >= 0.6 is 0 Å². The van der Waals surface area contributed by atoms with Crippen molar-refractivity contribution < 1.29 is 8.42 Å². The number of hydrogen-bond donors (Lipinski definition) is 0. The third-order valence-electron chi connectivity index (χ3n) is 4.17. The Morgan fingerprint density at radius 1 is 1.29 bits per heavy atom. The molecule has 1 unspecified atom stereocenters. The summed E-state index contributed by atoms with van der Waals surface area (Å²) in [5.41, 5.74) is 0.991. The highest BCUT2D eigenvalue weighted by Gasteiger charge is 2.67. The van der Waals surface area contributed by atoms with Crippen molar-refractivity contribution >= 4 is 10.0 Å². The number of fused-ring (bicyclic) bond motifs is 1. The van der Waals surface area contributed by atoms with E-state index in [9.17, 15) is 8.42 Å². The molecule has 3 atom stereocenters. The molecule has 1 aromatic rings. The number of sulfonamides is 1. The van der Waals surface area contributed by atoms with Crippen molar-refractivity contribution in [2.45, 2.75) is 49.6 Å². The Balaban J connectivity index is 1.96. The molecule has 17 heavy (non-hydrogen) atoms. The highest BCUT2D eigenvalue weighted by molar-refractivity contribution is 7.89. The molecule has 0 aromatic heterocycles. The molecule has 0 spiro atoms. The number of piperidine rings is 1. The van der Waals surface area contributed by atoms with Gasteiger partial charge in [-0.2, -0.15) is 4.31 Å². The van der Waals surface area contributed by atoms with Gasteiger partial charge in [0.05, 0.1) is 10.4 Å². The third-order valence-corrected chi connectivity index (χ3v) is 6.23. The average Bonchev–Trinajstić information content (AvgIpc) is 2.68. The van der Waals surface area contributed by atoms with Crippen molar-refractivity contribution in [2.75, 3.05) is 0 Å². The molecule has 1 aliphatic carbocycles. The minimum Gasteiger partial charge on any atom is -0.207 e. The van der Waals surface area contributed by atoms with Gasteiger partial charge in [-0.1, -0.05) is 17.7 Å². The smallest absolute Gasteiger partial charge is 0.207 e. The SMILES string of the molecule is Cc1ccc(S(=O)(=O)N2[C@H]3CCC[C@]32C)cc1. The third kappa shape index (κ3) is 1.47. The summed E-state index contributed by atoms with van der Waals surface area (Å²) in [6.45, 7) is 4.03. The van der Waals surface area contributed by atoms with Gasteiger partial charge in [-0.25, -0.2) is 8.42 Å². The van der Waals surface area contributed by atoms with E-state index in [1.54, 1.807) is 16.4 Å². The summed E-state index contributed by atoms with van der Waals surface area (Å²) in [6, 6.07) is 7.38. The fraction of sp³-hybridized carbons (Fsp3) is 0.538. The van der Waals surface area contributed by atoms with E-state index in [1.165, 1.54) is 0 Å². The van der Waals surface area contributed by atoms with E-state index in [0.717, 1.165) is 24.8 Å². The molecule has 92 valence electrons. The molecular formula is C13H17NO2S. The van der Waals surface area contributed by atoms with Crippen LogP contribution in [-0.4, -0.2) is 24.3 Å². The quantitative estimate of drug-likeness (QED) is 0.756. The van der Waals surface area contributed by atoms with Crippen molar-refractivity contribution in [3.05, 3.63) is 29.8 Å². The van der Waals surface area contributed by atoms with Crippen LogP contribution in [-0.2, 0) is 10.0 Å². The Morgan fingerprint density at radius 2 is 1.94 bits per heavy atom. The molecule has 1 saturated carbocycles. The Bertz CT molecular complexity index is 549. The van der Waals surface area contributed by atoms with E-state index in [-0.39, 0.29) is 11.6 Å². The van der Waals surface area contributed by atoms with Crippen LogP contribution in [0.15, 0.2) is 29.2 Å². The fourth-order valence-corrected chi connectivity index (χ4v) is 5.18. The molecule has 3 rings (SSSR count). The zero-order valence-electron chi connectivity index (χ0n) is 10.2. The maximum absolute atomic E-state index is 12.5. The maximum Gasteiger partial charge on any atom is 0.243 e. The van der Waals surface area contributed by atoms with Crippen molar-refractivity contribution in [1.82, 2.24) is 4.31 Å². The molecule has 0 radical (unpaired) electrons. The van der Waals surface area contributed by atoms with Gasteiger partial charge >= 0.3 is 0 Å². The van der Waals surface area contributed by atoms with Crippen molar-refractivity contribution in [2.24, 2.45) is 0 Å². The largest absolute Gasteiger partial charge is 0.243 e. The van der Waals surface area contributed by atoms with Gasteiger partial charge < -0.3 is 0 Å². The Kier molecular flexibility index (Phi) is 2.20. The number of rotatable bonds is 2. The molecule has 1 aliphatic heterocycles. The molecule has 0 N–H and O–H groups in total. The standard InChI is InChI=1S/C13H17NO2S/c1-10-5-7-11(8-6-10)17(15,16)14-12-4-3-9-13(12,14)2/h5-8,12H,3-4,9H2,1-2H3/t12-,13+,14?/m0/s1. The molecular weight excluding hydrogens is 234 g/mol. The monoisotopic (exact) mass is 251 g/mol. The van der Waals surface area contributed by atoms with Crippen molar-refractivity contribution in [1.29, 1.82) is 0 Å². The predicted octanol–water partition coefficient (Wildman–Crippen LogP) is 2.31. The molecule has 2 aliphatic rings. The molecule has 4 heteroatoms. The zero-order chi connectivity index (χ0) is 12.3. The molecule has 3 nitrogen and oxygen atoms in total. The highest BCUT2D eigenvalue weighted by Crippen LogP contribution is 2.55. The van der Waals surface area contributed by atoms with Gasteiger partial charge in [-0.15, -0.1) is 0 Å². The highest BCUT2D eigenvalue weighted by atomic mass is 32.2. The second-order valence-corrected chi connectivity index (χ2v) is 7.19. The second-order valence-electron chi connectivity index (χ2n) is 5.38. The van der Waals surface area contributed by atoms with E-state index in [4.69, 9.17) is 0 Å². The Morgan fingerprint density at radius 3 is 2.47 bits per heavy atom. The summed E-state index contributed by atoms with van der Waals surface area (Å²) in [6.07, 6.45) is 3.17. The van der Waals surface area contributed by atoms with Crippen LogP contribution in [0.4, 0.5) is 0 Å². The zero-order valence-corrected chi connectivity index (χ0v) is 11.0. The van der Waals surface area contributed by atoms with E-state index in [0.29, 0.717) is 4.90 Å². The first-order valence-corrected chi connectivity index (χ1v) is 7.51. The predicted molar refractivity (Wildman–Crippen MR) is 66.2 cm³/mol. The lowest BCUT2D eigenvalue weighted by Crippen LogP contribution is -2.21. The summed E-state index contributed by atoms with van der Waals surface area (Å²) >= 11 is 0. The number of aryl methyl sites for hydroxylation is 1. The average molecular weight is 251 g/mol. The summed E-state index contributed by atoms with van der Waals surface area (Å²) in [5, 5.41) is 0. The normalized spacial score (nSPS) is 35.6. The van der Waals surface area contributed by atoms with Crippen LogP contribution in [0.5, 0.6) is 0 Å². The first kappa shape index (κ1) is 11.2. The molecule has 1 aromatic carbocycles. The van der Waals surface area contributed by atoms with Crippen LogP contribution in [0.1, 0.15) is 31.7 Å². The fourth-order valence-electron chi connectivity index (χ4n) is 3.09. The van der Waals surface area contributed by atoms with Gasteiger partial charge in [0.1, 0.15) is 0 Å². The van der Waals surface area contributed by atoms with Crippen LogP contribution in [0.3, 0.4) is 0 Å². The minimum absolute atomic E-state index is 0.0935. The van der Waals surface area contributed by atoms with E-state index >= 15 is 0 Å². The summed E-state index contributed by atoms with van der Waals surface area (Å²) < 4.78 is 26.6. The molecule has 0 amide bonds. The Labute approximate surface area is 102 Å². The van der Waals surface area contributed by atoms with Gasteiger partial charge in [0.2, 0.25) is 10.0 Å². The van der Waals surface area contributed by atoms with Gasteiger partial charge in [0, 0.05) is 6.04 Å². The number of benzene rings is 1. The van der Waals surface area contributed by atoms with Crippen LogP contribution in [0, 0.1) is 6.92 Å². The van der Waals surface area contributed by atoms with Gasteiger partial charge in [-0.05, 0) is 45.2 Å². The first-order valence-electron chi connectivity index (χ1n) is 6.07. The van der Waals surface area contributed by atoms with Crippen LogP contribution in [0.25, 0.3) is 0 Å². The second kappa shape index (κ2) is 3.33. The van der Waals surface area contributed by atoms with E-state index in [2.05, 4.69) is 6.92 Å². The lowest BCUT2D eigenvalue weighted by atomic mass is 10.1. The van der Waals surface area contributed by atoms with Gasteiger partial charge in [0.15, 0.2) is 0 Å². The molecule has 1 heterocycles. The van der Waals surface area contributed by atoms with E-state index < -0.39 is 10.0 Å². The summed E-state index contributed by atoms with van der Waals surface area (Å²) in [4.78, 5) is 0.429. The lowest BCUT2D eigenvalue weighted by Gasteiger charge is -2.13. The van der Waals surface area contributed by atoms with Crippen molar-refractivity contribution in [3.8, 4) is 0 Å². The first-order chi connectivity index (χ1) is 7.96. The van der Waals surface area contributed by atoms with Crippen molar-refractivity contribution in [3.63, 3.8) is 0 Å². The Hall–Kier alpha value is -0.870. The van der Waals surface area contributed by atoms with Crippen LogP contribution in [0.2, 0.25) is 0 Å². The molecule has 0 bridgehead atoms.